The molecule has 0 fully saturated rings. The van der Waals surface area contributed by atoms with Gasteiger partial charge in [0, 0.05) is 31.5 Å². The van der Waals surface area contributed by atoms with Crippen LogP contribution in [-0.2, 0) is 6.42 Å². The van der Waals surface area contributed by atoms with Gasteiger partial charge in [0.25, 0.3) is 0 Å². The Kier molecular flexibility index (Phi) is 4.45. The van der Waals surface area contributed by atoms with Gasteiger partial charge in [-0.3, -0.25) is 0 Å². The lowest BCUT2D eigenvalue weighted by atomic mass is 10.1. The molecule has 2 rings (SSSR count). The first-order chi connectivity index (χ1) is 9.15. The maximum Gasteiger partial charge on any atom is 0.0381 e. The van der Waals surface area contributed by atoms with Gasteiger partial charge in [0.1, 0.15) is 0 Å². The van der Waals surface area contributed by atoms with Crippen molar-refractivity contribution in [1.29, 1.82) is 0 Å². The van der Waals surface area contributed by atoms with E-state index in [-0.39, 0.29) is 0 Å². The van der Waals surface area contributed by atoms with Crippen LogP contribution in [0.25, 0.3) is 0 Å². The van der Waals surface area contributed by atoms with Gasteiger partial charge in [0.2, 0.25) is 0 Å². The summed E-state index contributed by atoms with van der Waals surface area (Å²) >= 11 is 0. The lowest BCUT2D eigenvalue weighted by Gasteiger charge is -2.18. The molecule has 1 atom stereocenters. The molecule has 0 spiro atoms. The highest BCUT2D eigenvalue weighted by molar-refractivity contribution is 5.57. The van der Waals surface area contributed by atoms with Gasteiger partial charge in [-0.1, -0.05) is 36.4 Å². The number of benzene rings is 2. The molecule has 0 aliphatic rings. The fourth-order valence-corrected chi connectivity index (χ4v) is 2.18. The Morgan fingerprint density at radius 3 is 2.42 bits per heavy atom. The third kappa shape index (κ3) is 4.02. The van der Waals surface area contributed by atoms with Crippen LogP contribution in [0.4, 0.5) is 11.4 Å². The first-order valence-corrected chi connectivity index (χ1v) is 6.73. The zero-order valence-electron chi connectivity index (χ0n) is 11.9. The second kappa shape index (κ2) is 6.28. The molecule has 0 aliphatic heterocycles. The fourth-order valence-electron chi connectivity index (χ4n) is 2.18. The van der Waals surface area contributed by atoms with E-state index in [9.17, 15) is 0 Å². The SMILES string of the molecule is CC(Cc1ccccc1)Nc1cccc(N(C)C)c1. The maximum atomic E-state index is 3.56. The molecule has 0 aromatic heterocycles. The second-order valence-electron chi connectivity index (χ2n) is 5.18. The van der Waals surface area contributed by atoms with Crippen molar-refractivity contribution in [2.75, 3.05) is 24.3 Å². The summed E-state index contributed by atoms with van der Waals surface area (Å²) in [6.07, 6.45) is 1.03. The summed E-state index contributed by atoms with van der Waals surface area (Å²) in [5.41, 5.74) is 3.76. The molecule has 0 radical (unpaired) electrons. The van der Waals surface area contributed by atoms with Gasteiger partial charge in [-0.2, -0.15) is 0 Å². The zero-order chi connectivity index (χ0) is 13.7. The highest BCUT2D eigenvalue weighted by atomic mass is 15.1. The number of rotatable bonds is 5. The lowest BCUT2D eigenvalue weighted by Crippen LogP contribution is -2.18. The van der Waals surface area contributed by atoms with Crippen molar-refractivity contribution in [3.05, 3.63) is 60.2 Å². The summed E-state index contributed by atoms with van der Waals surface area (Å²) in [4.78, 5) is 2.12. The molecule has 2 aromatic carbocycles. The van der Waals surface area contributed by atoms with Crippen LogP contribution in [0.1, 0.15) is 12.5 Å². The first kappa shape index (κ1) is 13.5. The number of hydrogen-bond acceptors (Lipinski definition) is 2. The van der Waals surface area contributed by atoms with Crippen molar-refractivity contribution in [3.63, 3.8) is 0 Å². The number of nitrogens with zero attached hydrogens (tertiary/aromatic N) is 1. The van der Waals surface area contributed by atoms with E-state index in [4.69, 9.17) is 0 Å². The normalized spacial score (nSPS) is 11.9. The van der Waals surface area contributed by atoms with Crippen LogP contribution < -0.4 is 10.2 Å². The summed E-state index contributed by atoms with van der Waals surface area (Å²) < 4.78 is 0. The van der Waals surface area contributed by atoms with Gasteiger partial charge in [-0.05, 0) is 37.1 Å². The molecule has 2 heteroatoms. The predicted octanol–water partition coefficient (Wildman–Crippen LogP) is 3.80. The molecule has 100 valence electrons. The van der Waals surface area contributed by atoms with Crippen molar-refractivity contribution in [2.45, 2.75) is 19.4 Å². The Morgan fingerprint density at radius 2 is 1.74 bits per heavy atom. The molecule has 2 aromatic rings. The fraction of sp³-hybridized carbons (Fsp3) is 0.294. The minimum atomic E-state index is 0.416. The Labute approximate surface area is 116 Å². The quantitative estimate of drug-likeness (QED) is 0.873. The van der Waals surface area contributed by atoms with Crippen molar-refractivity contribution in [3.8, 4) is 0 Å². The van der Waals surface area contributed by atoms with E-state index in [2.05, 4.69) is 85.8 Å². The molecule has 19 heavy (non-hydrogen) atoms. The molecule has 0 saturated heterocycles. The van der Waals surface area contributed by atoms with Crippen LogP contribution in [-0.4, -0.2) is 20.1 Å². The Hall–Kier alpha value is -1.96. The van der Waals surface area contributed by atoms with E-state index < -0.39 is 0 Å². The van der Waals surface area contributed by atoms with Gasteiger partial charge < -0.3 is 10.2 Å². The van der Waals surface area contributed by atoms with E-state index in [1.54, 1.807) is 0 Å². The monoisotopic (exact) mass is 254 g/mol. The molecule has 1 N–H and O–H groups in total. The third-order valence-corrected chi connectivity index (χ3v) is 3.16. The molecule has 0 heterocycles. The van der Waals surface area contributed by atoms with E-state index in [0.29, 0.717) is 6.04 Å². The Morgan fingerprint density at radius 1 is 1.00 bits per heavy atom. The summed E-state index contributed by atoms with van der Waals surface area (Å²) in [5.74, 6) is 0. The Bertz CT molecular complexity index is 506. The van der Waals surface area contributed by atoms with E-state index in [1.165, 1.54) is 16.9 Å². The van der Waals surface area contributed by atoms with Crippen molar-refractivity contribution in [1.82, 2.24) is 0 Å². The van der Waals surface area contributed by atoms with Gasteiger partial charge in [-0.25, -0.2) is 0 Å². The molecule has 0 bridgehead atoms. The molecular formula is C17H22N2. The van der Waals surface area contributed by atoms with Crippen LogP contribution in [0, 0.1) is 0 Å². The Balaban J connectivity index is 1.99. The van der Waals surface area contributed by atoms with Gasteiger partial charge in [-0.15, -0.1) is 0 Å². The molecule has 0 aliphatic carbocycles. The number of hydrogen-bond donors (Lipinski definition) is 1. The van der Waals surface area contributed by atoms with Gasteiger partial charge in [0.05, 0.1) is 0 Å². The zero-order valence-corrected chi connectivity index (χ0v) is 11.9. The summed E-state index contributed by atoms with van der Waals surface area (Å²) in [7, 11) is 4.12. The van der Waals surface area contributed by atoms with Crippen LogP contribution in [0.3, 0.4) is 0 Å². The standard InChI is InChI=1S/C17H22N2/c1-14(12-15-8-5-4-6-9-15)18-16-10-7-11-17(13-16)19(2)3/h4-11,13-14,18H,12H2,1-3H3. The number of nitrogens with one attached hydrogen (secondary N) is 1. The van der Waals surface area contributed by atoms with E-state index in [0.717, 1.165) is 6.42 Å². The van der Waals surface area contributed by atoms with E-state index >= 15 is 0 Å². The molecule has 2 nitrogen and oxygen atoms in total. The molecule has 0 saturated carbocycles. The van der Waals surface area contributed by atoms with Crippen LogP contribution in [0.5, 0.6) is 0 Å². The summed E-state index contributed by atoms with van der Waals surface area (Å²) in [5, 5.41) is 3.56. The minimum Gasteiger partial charge on any atom is -0.382 e. The summed E-state index contributed by atoms with van der Waals surface area (Å²) in [6, 6.07) is 19.5. The minimum absolute atomic E-state index is 0.416. The van der Waals surface area contributed by atoms with Crippen LogP contribution in [0.2, 0.25) is 0 Å². The third-order valence-electron chi connectivity index (χ3n) is 3.16. The second-order valence-corrected chi connectivity index (χ2v) is 5.18. The largest absolute Gasteiger partial charge is 0.382 e. The molecule has 0 amide bonds. The van der Waals surface area contributed by atoms with Crippen molar-refractivity contribution in [2.24, 2.45) is 0 Å². The maximum absolute atomic E-state index is 3.56. The topological polar surface area (TPSA) is 15.3 Å². The van der Waals surface area contributed by atoms with Crippen molar-refractivity contribution >= 4 is 11.4 Å². The van der Waals surface area contributed by atoms with Gasteiger partial charge >= 0.3 is 0 Å². The lowest BCUT2D eigenvalue weighted by molar-refractivity contribution is 0.790. The molecular weight excluding hydrogens is 232 g/mol. The average molecular weight is 254 g/mol. The number of anilines is 2. The van der Waals surface area contributed by atoms with E-state index in [1.807, 2.05) is 0 Å². The highest BCUT2D eigenvalue weighted by Crippen LogP contribution is 2.18. The molecule has 1 unspecified atom stereocenters. The summed E-state index contributed by atoms with van der Waals surface area (Å²) in [6.45, 7) is 2.22. The van der Waals surface area contributed by atoms with Gasteiger partial charge in [0.15, 0.2) is 0 Å². The average Bonchev–Trinajstić information content (AvgIpc) is 2.40. The smallest absolute Gasteiger partial charge is 0.0381 e. The van der Waals surface area contributed by atoms with Crippen LogP contribution in [0.15, 0.2) is 54.6 Å². The highest BCUT2D eigenvalue weighted by Gasteiger charge is 2.04. The van der Waals surface area contributed by atoms with Crippen molar-refractivity contribution < 1.29 is 0 Å². The first-order valence-electron chi connectivity index (χ1n) is 6.73. The van der Waals surface area contributed by atoms with Crippen LogP contribution >= 0.6 is 0 Å². The predicted molar refractivity (Wildman–Crippen MR) is 84.0 cm³/mol.